The average Bonchev–Trinajstić information content (AvgIpc) is 3.02. The second-order valence-corrected chi connectivity index (χ2v) is 7.42. The van der Waals surface area contributed by atoms with Gasteiger partial charge in [0.15, 0.2) is 9.84 Å². The highest BCUT2D eigenvalue weighted by atomic mass is 32.2. The third-order valence-corrected chi connectivity index (χ3v) is 5.29. The monoisotopic (exact) mass is 300 g/mol. The van der Waals surface area contributed by atoms with Crippen LogP contribution in [0.25, 0.3) is 0 Å². The minimum Gasteiger partial charge on any atom is -0.467 e. The number of carbonyl (C=O) groups is 1. The molecular weight excluding hydrogens is 280 g/mol. The minimum atomic E-state index is -2.86. The van der Waals surface area contributed by atoms with Crippen LogP contribution in [-0.2, 0) is 21.2 Å². The maximum Gasteiger partial charge on any atom is 0.237 e. The van der Waals surface area contributed by atoms with Gasteiger partial charge in [0.05, 0.1) is 30.4 Å². The molecule has 1 amide bonds. The van der Waals surface area contributed by atoms with Gasteiger partial charge in [-0.3, -0.25) is 4.79 Å². The maximum atomic E-state index is 11.8. The molecule has 1 saturated heterocycles. The van der Waals surface area contributed by atoms with E-state index in [0.29, 0.717) is 25.3 Å². The first-order chi connectivity index (χ1) is 9.46. The summed E-state index contributed by atoms with van der Waals surface area (Å²) < 4.78 is 27.8. The number of rotatable bonds is 6. The Morgan fingerprint density at radius 2 is 2.35 bits per heavy atom. The molecule has 6 nitrogen and oxygen atoms in total. The third kappa shape index (κ3) is 4.35. The molecule has 20 heavy (non-hydrogen) atoms. The van der Waals surface area contributed by atoms with Crippen molar-refractivity contribution in [2.24, 2.45) is 5.92 Å². The number of amides is 1. The lowest BCUT2D eigenvalue weighted by Gasteiger charge is -2.16. The van der Waals surface area contributed by atoms with Gasteiger partial charge in [0.1, 0.15) is 5.76 Å². The van der Waals surface area contributed by atoms with Gasteiger partial charge in [-0.05, 0) is 37.9 Å². The summed E-state index contributed by atoms with van der Waals surface area (Å²) in [5, 5.41) is 5.85. The number of hydrogen-bond donors (Lipinski definition) is 2. The second kappa shape index (κ2) is 6.41. The lowest BCUT2D eigenvalue weighted by molar-refractivity contribution is -0.123. The molecule has 2 heterocycles. The Kier molecular flexibility index (Phi) is 4.82. The molecule has 1 aromatic heterocycles. The fraction of sp³-hybridized carbons (Fsp3) is 0.615. The molecule has 1 fully saturated rings. The van der Waals surface area contributed by atoms with E-state index in [2.05, 4.69) is 10.6 Å². The number of carbonyl (C=O) groups excluding carboxylic acids is 1. The van der Waals surface area contributed by atoms with Gasteiger partial charge in [0.2, 0.25) is 5.91 Å². The van der Waals surface area contributed by atoms with Crippen LogP contribution in [0, 0.1) is 5.92 Å². The van der Waals surface area contributed by atoms with Crippen molar-refractivity contribution in [3.63, 3.8) is 0 Å². The Hall–Kier alpha value is -1.34. The van der Waals surface area contributed by atoms with Gasteiger partial charge in [-0.1, -0.05) is 0 Å². The lowest BCUT2D eigenvalue weighted by atomic mass is 10.1. The van der Waals surface area contributed by atoms with Gasteiger partial charge in [0, 0.05) is 0 Å². The molecule has 1 aromatic rings. The van der Waals surface area contributed by atoms with Gasteiger partial charge >= 0.3 is 0 Å². The highest BCUT2D eigenvalue weighted by Gasteiger charge is 2.28. The summed E-state index contributed by atoms with van der Waals surface area (Å²) in [6.07, 6.45) is 2.24. The SMILES string of the molecule is CC(NCC1CCS(=O)(=O)C1)C(=O)NCc1ccco1. The summed E-state index contributed by atoms with van der Waals surface area (Å²) in [6.45, 7) is 2.67. The van der Waals surface area contributed by atoms with Crippen LogP contribution >= 0.6 is 0 Å². The highest BCUT2D eigenvalue weighted by Crippen LogP contribution is 2.17. The van der Waals surface area contributed by atoms with Gasteiger partial charge < -0.3 is 15.1 Å². The van der Waals surface area contributed by atoms with Crippen molar-refractivity contribution in [2.45, 2.75) is 25.9 Å². The van der Waals surface area contributed by atoms with E-state index < -0.39 is 9.84 Å². The van der Waals surface area contributed by atoms with Crippen LogP contribution in [0.5, 0.6) is 0 Å². The lowest BCUT2D eigenvalue weighted by Crippen LogP contribution is -2.43. The molecule has 2 N–H and O–H groups in total. The van der Waals surface area contributed by atoms with Crippen LogP contribution < -0.4 is 10.6 Å². The van der Waals surface area contributed by atoms with Gasteiger partial charge in [0.25, 0.3) is 0 Å². The Bertz CT molecular complexity index is 539. The molecule has 0 radical (unpaired) electrons. The predicted octanol–water partition coefficient (Wildman–Crippen LogP) is 0.309. The van der Waals surface area contributed by atoms with Crippen LogP contribution in [0.1, 0.15) is 19.1 Å². The smallest absolute Gasteiger partial charge is 0.237 e. The van der Waals surface area contributed by atoms with Crippen molar-refractivity contribution >= 4 is 15.7 Å². The van der Waals surface area contributed by atoms with Crippen molar-refractivity contribution in [2.75, 3.05) is 18.1 Å². The normalized spacial score (nSPS) is 22.6. The molecule has 1 aliphatic rings. The summed E-state index contributed by atoms with van der Waals surface area (Å²) in [6, 6.07) is 3.21. The van der Waals surface area contributed by atoms with E-state index in [9.17, 15) is 13.2 Å². The summed E-state index contributed by atoms with van der Waals surface area (Å²) in [7, 11) is -2.86. The Morgan fingerprint density at radius 3 is 2.95 bits per heavy atom. The van der Waals surface area contributed by atoms with Crippen molar-refractivity contribution in [3.8, 4) is 0 Å². The molecule has 2 rings (SSSR count). The Labute approximate surface area is 118 Å². The first-order valence-corrected chi connectivity index (χ1v) is 8.52. The topological polar surface area (TPSA) is 88.4 Å². The van der Waals surface area contributed by atoms with Crippen LogP contribution in [0.3, 0.4) is 0 Å². The molecule has 112 valence electrons. The molecule has 0 bridgehead atoms. The predicted molar refractivity (Wildman–Crippen MR) is 74.8 cm³/mol. The van der Waals surface area contributed by atoms with E-state index in [1.165, 1.54) is 0 Å². The van der Waals surface area contributed by atoms with Crippen LogP contribution in [-0.4, -0.2) is 38.4 Å². The Morgan fingerprint density at radius 1 is 1.55 bits per heavy atom. The fourth-order valence-electron chi connectivity index (χ4n) is 2.21. The second-order valence-electron chi connectivity index (χ2n) is 5.20. The quantitative estimate of drug-likeness (QED) is 0.789. The molecule has 0 aliphatic carbocycles. The van der Waals surface area contributed by atoms with E-state index in [0.717, 1.165) is 0 Å². The van der Waals surface area contributed by atoms with E-state index in [4.69, 9.17) is 4.42 Å². The van der Waals surface area contributed by atoms with E-state index >= 15 is 0 Å². The van der Waals surface area contributed by atoms with Crippen molar-refractivity contribution in [1.82, 2.24) is 10.6 Å². The van der Waals surface area contributed by atoms with Crippen molar-refractivity contribution < 1.29 is 17.6 Å². The molecule has 0 aromatic carbocycles. The zero-order valence-electron chi connectivity index (χ0n) is 11.5. The number of nitrogens with one attached hydrogen (secondary N) is 2. The summed E-state index contributed by atoms with van der Waals surface area (Å²) >= 11 is 0. The minimum absolute atomic E-state index is 0.111. The molecule has 7 heteroatoms. The molecule has 0 saturated carbocycles. The van der Waals surface area contributed by atoms with Crippen molar-refractivity contribution in [3.05, 3.63) is 24.2 Å². The van der Waals surface area contributed by atoms with Gasteiger partial charge in [-0.25, -0.2) is 8.42 Å². The van der Waals surface area contributed by atoms with Crippen molar-refractivity contribution in [1.29, 1.82) is 0 Å². The van der Waals surface area contributed by atoms with Gasteiger partial charge in [-0.15, -0.1) is 0 Å². The first-order valence-electron chi connectivity index (χ1n) is 6.70. The Balaban J connectivity index is 1.69. The summed E-state index contributed by atoms with van der Waals surface area (Å²) in [4.78, 5) is 11.8. The largest absolute Gasteiger partial charge is 0.467 e. The highest BCUT2D eigenvalue weighted by molar-refractivity contribution is 7.91. The summed E-state index contributed by atoms with van der Waals surface area (Å²) in [5.74, 6) is 1.18. The standard InChI is InChI=1S/C13H20N2O4S/c1-10(13(16)15-8-12-3-2-5-19-12)14-7-11-4-6-20(17,18)9-11/h2-3,5,10-11,14H,4,6-9H2,1H3,(H,15,16). The van der Waals surface area contributed by atoms with E-state index in [1.807, 2.05) is 0 Å². The molecular formula is C13H20N2O4S. The number of sulfone groups is 1. The first kappa shape index (κ1) is 15.1. The third-order valence-electron chi connectivity index (χ3n) is 3.45. The zero-order valence-corrected chi connectivity index (χ0v) is 12.3. The fourth-order valence-corrected chi connectivity index (χ4v) is 4.07. The van der Waals surface area contributed by atoms with Gasteiger partial charge in [-0.2, -0.15) is 0 Å². The number of furan rings is 1. The maximum absolute atomic E-state index is 11.8. The molecule has 1 aliphatic heterocycles. The molecule has 0 spiro atoms. The molecule has 2 unspecified atom stereocenters. The van der Waals surface area contributed by atoms with Crippen LogP contribution in [0.15, 0.2) is 22.8 Å². The molecule has 2 atom stereocenters. The number of hydrogen-bond acceptors (Lipinski definition) is 5. The van der Waals surface area contributed by atoms with E-state index in [-0.39, 0.29) is 29.4 Å². The van der Waals surface area contributed by atoms with Crippen LogP contribution in [0.4, 0.5) is 0 Å². The summed E-state index contributed by atoms with van der Waals surface area (Å²) in [5.41, 5.74) is 0. The average molecular weight is 300 g/mol. The van der Waals surface area contributed by atoms with E-state index in [1.54, 1.807) is 25.3 Å². The zero-order chi connectivity index (χ0) is 14.6. The van der Waals surface area contributed by atoms with Crippen LogP contribution in [0.2, 0.25) is 0 Å².